The quantitative estimate of drug-likeness (QED) is 0.875. The fraction of sp³-hybridized carbons (Fsp3) is 0.588. The van der Waals surface area contributed by atoms with E-state index >= 15 is 0 Å². The van der Waals surface area contributed by atoms with Crippen molar-refractivity contribution in [1.29, 1.82) is 0 Å². The third-order valence-electron chi connectivity index (χ3n) is 4.02. The number of amides is 1. The molecule has 1 amide bonds. The summed E-state index contributed by atoms with van der Waals surface area (Å²) < 4.78 is 5.69. The molecular formula is C17H25NO3. The van der Waals surface area contributed by atoms with E-state index in [-0.39, 0.29) is 17.9 Å². The number of hydrogen-bond acceptors (Lipinski definition) is 3. The minimum Gasteiger partial charge on any atom is -0.389 e. The molecule has 0 saturated carbocycles. The number of carbonyl (C=O) groups excluding carboxylic acids is 1. The summed E-state index contributed by atoms with van der Waals surface area (Å²) in [7, 11) is 0. The highest BCUT2D eigenvalue weighted by atomic mass is 16.5. The molecule has 0 spiro atoms. The summed E-state index contributed by atoms with van der Waals surface area (Å²) in [6.07, 6.45) is 3.24. The summed E-state index contributed by atoms with van der Waals surface area (Å²) >= 11 is 0. The fourth-order valence-electron chi connectivity index (χ4n) is 2.85. The van der Waals surface area contributed by atoms with E-state index in [1.807, 2.05) is 24.3 Å². The molecule has 2 rings (SSSR count). The van der Waals surface area contributed by atoms with Crippen LogP contribution < -0.4 is 5.32 Å². The molecule has 4 heteroatoms. The number of carbonyl (C=O) groups is 1. The number of benzene rings is 1. The third-order valence-corrected chi connectivity index (χ3v) is 4.02. The lowest BCUT2D eigenvalue weighted by atomic mass is 9.92. The zero-order valence-electron chi connectivity index (χ0n) is 12.8. The van der Waals surface area contributed by atoms with Crippen molar-refractivity contribution in [2.24, 2.45) is 5.92 Å². The molecule has 116 valence electrons. The molecule has 1 fully saturated rings. The Bertz CT molecular complexity index is 471. The Hall–Kier alpha value is -1.39. The van der Waals surface area contributed by atoms with Gasteiger partial charge in [-0.1, -0.05) is 31.5 Å². The van der Waals surface area contributed by atoms with Crippen LogP contribution in [0.1, 0.15) is 51.2 Å². The normalized spacial score (nSPS) is 23.6. The van der Waals surface area contributed by atoms with Crippen LogP contribution in [-0.2, 0) is 9.53 Å². The van der Waals surface area contributed by atoms with Crippen molar-refractivity contribution in [3.05, 3.63) is 29.8 Å². The third kappa shape index (κ3) is 4.29. The van der Waals surface area contributed by atoms with Crippen LogP contribution in [-0.4, -0.2) is 23.7 Å². The second kappa shape index (κ2) is 7.57. The standard InChI is InChI=1S/C17H25NO3/c1-3-6-14-11-13(9-10-21-14)17(20)18-16-8-5-4-7-15(16)12(2)19/h4-5,7-8,12-14,19H,3,6,9-11H2,1-2H3,(H,18,20). The lowest BCUT2D eigenvalue weighted by molar-refractivity contribution is -0.125. The fourth-order valence-corrected chi connectivity index (χ4v) is 2.85. The van der Waals surface area contributed by atoms with Gasteiger partial charge >= 0.3 is 0 Å². The van der Waals surface area contributed by atoms with Gasteiger partial charge in [0.1, 0.15) is 0 Å². The maximum atomic E-state index is 12.4. The van der Waals surface area contributed by atoms with Crippen molar-refractivity contribution >= 4 is 11.6 Å². The van der Waals surface area contributed by atoms with Crippen LogP contribution in [0.25, 0.3) is 0 Å². The highest BCUT2D eigenvalue weighted by Gasteiger charge is 2.27. The van der Waals surface area contributed by atoms with Crippen LogP contribution in [0.15, 0.2) is 24.3 Å². The van der Waals surface area contributed by atoms with Gasteiger partial charge in [0.05, 0.1) is 12.2 Å². The number of hydrogen-bond donors (Lipinski definition) is 2. The van der Waals surface area contributed by atoms with E-state index in [2.05, 4.69) is 12.2 Å². The Kier molecular flexibility index (Phi) is 5.76. The first kappa shape index (κ1) is 16.0. The molecular weight excluding hydrogens is 266 g/mol. The molecule has 1 aliphatic heterocycles. The molecule has 1 aromatic rings. The lowest BCUT2D eigenvalue weighted by Gasteiger charge is -2.29. The first-order chi connectivity index (χ1) is 10.1. The first-order valence-corrected chi connectivity index (χ1v) is 7.81. The monoisotopic (exact) mass is 291 g/mol. The lowest BCUT2D eigenvalue weighted by Crippen LogP contribution is -2.33. The van der Waals surface area contributed by atoms with Gasteiger partial charge in [0.25, 0.3) is 0 Å². The molecule has 0 aromatic heterocycles. The first-order valence-electron chi connectivity index (χ1n) is 7.81. The Morgan fingerprint density at radius 2 is 2.24 bits per heavy atom. The smallest absolute Gasteiger partial charge is 0.227 e. The number of nitrogens with one attached hydrogen (secondary N) is 1. The van der Waals surface area contributed by atoms with E-state index in [0.29, 0.717) is 12.3 Å². The maximum Gasteiger partial charge on any atom is 0.227 e. The SMILES string of the molecule is CCCC1CC(C(=O)Nc2ccccc2C(C)O)CCO1. The van der Waals surface area contributed by atoms with E-state index in [1.165, 1.54) is 0 Å². The van der Waals surface area contributed by atoms with Crippen LogP contribution >= 0.6 is 0 Å². The Morgan fingerprint density at radius 1 is 1.48 bits per heavy atom. The van der Waals surface area contributed by atoms with Gasteiger partial charge in [0, 0.05) is 23.8 Å². The minimum absolute atomic E-state index is 0.00245. The average Bonchev–Trinajstić information content (AvgIpc) is 2.48. The van der Waals surface area contributed by atoms with Crippen molar-refractivity contribution in [3.63, 3.8) is 0 Å². The van der Waals surface area contributed by atoms with Gasteiger partial charge in [-0.2, -0.15) is 0 Å². The molecule has 0 bridgehead atoms. The molecule has 1 aliphatic rings. The molecule has 0 aliphatic carbocycles. The average molecular weight is 291 g/mol. The molecule has 21 heavy (non-hydrogen) atoms. The van der Waals surface area contributed by atoms with Crippen molar-refractivity contribution in [3.8, 4) is 0 Å². The van der Waals surface area contributed by atoms with Gasteiger partial charge in [0.15, 0.2) is 0 Å². The summed E-state index contributed by atoms with van der Waals surface area (Å²) in [5, 5.41) is 12.7. The van der Waals surface area contributed by atoms with Gasteiger partial charge in [-0.05, 0) is 32.3 Å². The molecule has 2 N–H and O–H groups in total. The van der Waals surface area contributed by atoms with Gasteiger partial charge < -0.3 is 15.2 Å². The molecule has 1 aromatic carbocycles. The molecule has 0 radical (unpaired) electrons. The number of ether oxygens (including phenoxy) is 1. The van der Waals surface area contributed by atoms with Crippen LogP contribution in [0.4, 0.5) is 5.69 Å². The number of anilines is 1. The predicted octanol–water partition coefficient (Wildman–Crippen LogP) is 3.27. The second-order valence-electron chi connectivity index (χ2n) is 5.76. The summed E-state index contributed by atoms with van der Waals surface area (Å²) in [5.74, 6) is 0.0323. The zero-order valence-corrected chi connectivity index (χ0v) is 12.8. The molecule has 1 heterocycles. The topological polar surface area (TPSA) is 58.6 Å². The van der Waals surface area contributed by atoms with Crippen molar-refractivity contribution in [2.45, 2.75) is 51.7 Å². The van der Waals surface area contributed by atoms with E-state index in [9.17, 15) is 9.90 Å². The molecule has 4 nitrogen and oxygen atoms in total. The Labute approximate surface area is 126 Å². The van der Waals surface area contributed by atoms with E-state index in [1.54, 1.807) is 6.92 Å². The van der Waals surface area contributed by atoms with Gasteiger partial charge in [-0.3, -0.25) is 4.79 Å². The number of aliphatic hydroxyl groups is 1. The van der Waals surface area contributed by atoms with Gasteiger partial charge in [-0.25, -0.2) is 0 Å². The molecule has 1 saturated heterocycles. The summed E-state index contributed by atoms with van der Waals surface area (Å²) in [4.78, 5) is 12.4. The highest BCUT2D eigenvalue weighted by molar-refractivity contribution is 5.93. The van der Waals surface area contributed by atoms with Gasteiger partial charge in [0.2, 0.25) is 5.91 Å². The van der Waals surface area contributed by atoms with Gasteiger partial charge in [-0.15, -0.1) is 0 Å². The summed E-state index contributed by atoms with van der Waals surface area (Å²) in [6.45, 7) is 4.49. The number of aliphatic hydroxyl groups excluding tert-OH is 1. The Morgan fingerprint density at radius 3 is 2.95 bits per heavy atom. The number of rotatable bonds is 5. The largest absolute Gasteiger partial charge is 0.389 e. The van der Waals surface area contributed by atoms with Crippen molar-refractivity contribution < 1.29 is 14.6 Å². The predicted molar refractivity (Wildman–Crippen MR) is 83.1 cm³/mol. The summed E-state index contributed by atoms with van der Waals surface area (Å²) in [6, 6.07) is 7.40. The van der Waals surface area contributed by atoms with E-state index in [4.69, 9.17) is 4.74 Å². The summed E-state index contributed by atoms with van der Waals surface area (Å²) in [5.41, 5.74) is 1.46. The van der Waals surface area contributed by atoms with Crippen LogP contribution in [0.5, 0.6) is 0 Å². The maximum absolute atomic E-state index is 12.4. The highest BCUT2D eigenvalue weighted by Crippen LogP contribution is 2.27. The van der Waals surface area contributed by atoms with Crippen molar-refractivity contribution in [1.82, 2.24) is 0 Å². The minimum atomic E-state index is -0.593. The second-order valence-corrected chi connectivity index (χ2v) is 5.76. The molecule has 3 unspecified atom stereocenters. The number of para-hydroxylation sites is 1. The van der Waals surface area contributed by atoms with E-state index < -0.39 is 6.10 Å². The zero-order chi connectivity index (χ0) is 15.2. The van der Waals surface area contributed by atoms with Crippen LogP contribution in [0, 0.1) is 5.92 Å². The van der Waals surface area contributed by atoms with Crippen LogP contribution in [0.2, 0.25) is 0 Å². The Balaban J connectivity index is 2.01. The van der Waals surface area contributed by atoms with Crippen LogP contribution in [0.3, 0.4) is 0 Å². The van der Waals surface area contributed by atoms with E-state index in [0.717, 1.165) is 31.2 Å². The molecule has 3 atom stereocenters. The van der Waals surface area contributed by atoms with Crippen molar-refractivity contribution in [2.75, 3.05) is 11.9 Å².